The highest BCUT2D eigenvalue weighted by Gasteiger charge is 1.87. The average molecular weight is 126 g/mol. The summed E-state index contributed by atoms with van der Waals surface area (Å²) in [6.45, 7) is -2.83. The van der Waals surface area contributed by atoms with Gasteiger partial charge in [0.15, 0.2) is 0 Å². The molecule has 0 radical (unpaired) electrons. The van der Waals surface area contributed by atoms with Crippen molar-refractivity contribution in [1.29, 1.82) is 0 Å². The van der Waals surface area contributed by atoms with E-state index >= 15 is 0 Å². The normalized spacial score (nSPS) is 22.3. The van der Waals surface area contributed by atoms with E-state index < -0.39 is 13.7 Å². The Morgan fingerprint density at radius 2 is 1.44 bits per heavy atom. The number of rotatable bonds is 0. The van der Waals surface area contributed by atoms with Crippen LogP contribution >= 0.6 is 0 Å². The minimum Gasteiger partial charge on any atom is -0.0564 e. The molecule has 1 aromatic rings. The summed E-state index contributed by atoms with van der Waals surface area (Å²) >= 11 is 0. The van der Waals surface area contributed by atoms with Gasteiger partial charge >= 0.3 is 0 Å². The molecule has 0 aromatic heterocycles. The lowest BCUT2D eigenvalue weighted by Gasteiger charge is -1.96. The topological polar surface area (TPSA) is 0 Å². The second-order valence-corrected chi connectivity index (χ2v) is 2.09. The van der Waals surface area contributed by atoms with E-state index in [1.165, 1.54) is 18.2 Å². The maximum atomic E-state index is 7.22. The van der Waals surface area contributed by atoms with Crippen LogP contribution in [-0.4, -0.2) is 0 Å². The van der Waals surface area contributed by atoms with Crippen LogP contribution < -0.4 is 0 Å². The predicted octanol–water partition coefficient (Wildman–Crippen LogP) is 2.61. The molecule has 0 nitrogen and oxygen atoms in total. The Bertz CT molecular complexity index is 328. The molecule has 0 fully saturated rings. The first-order chi connectivity index (χ1) is 6.60. The lowest BCUT2D eigenvalue weighted by atomic mass is 10.1. The SMILES string of the molecule is [2H]C([2H])([2H])c1cc(C)cc(C([2H])([2H])[2H])c1. The number of hydrogen-bond donors (Lipinski definition) is 0. The van der Waals surface area contributed by atoms with Crippen molar-refractivity contribution in [2.45, 2.75) is 20.6 Å². The molecule has 1 rings (SSSR count). The Morgan fingerprint density at radius 3 is 1.89 bits per heavy atom. The van der Waals surface area contributed by atoms with E-state index in [1.807, 2.05) is 0 Å². The Morgan fingerprint density at radius 1 is 1.00 bits per heavy atom. The van der Waals surface area contributed by atoms with Crippen LogP contribution in [0.2, 0.25) is 0 Å². The van der Waals surface area contributed by atoms with Crippen LogP contribution in [0.5, 0.6) is 0 Å². The molecule has 0 amide bonds. The highest BCUT2D eigenvalue weighted by atomic mass is 13.9. The van der Waals surface area contributed by atoms with Crippen molar-refractivity contribution >= 4 is 0 Å². The molecule has 0 heterocycles. The van der Waals surface area contributed by atoms with Gasteiger partial charge in [0.05, 0.1) is 0 Å². The summed E-state index contributed by atoms with van der Waals surface area (Å²) in [5, 5.41) is 0. The van der Waals surface area contributed by atoms with Crippen LogP contribution in [0.4, 0.5) is 0 Å². The highest BCUT2D eigenvalue weighted by molar-refractivity contribution is 5.27. The number of benzene rings is 1. The number of hydrogen-bond acceptors (Lipinski definition) is 0. The van der Waals surface area contributed by atoms with Gasteiger partial charge in [-0.05, 0) is 20.6 Å². The third kappa shape index (κ3) is 1.56. The van der Waals surface area contributed by atoms with E-state index in [2.05, 4.69) is 0 Å². The van der Waals surface area contributed by atoms with Crippen LogP contribution in [0.3, 0.4) is 0 Å². The summed E-state index contributed by atoms with van der Waals surface area (Å²) in [6.07, 6.45) is 0. The van der Waals surface area contributed by atoms with E-state index in [0.717, 1.165) is 0 Å². The first kappa shape index (κ1) is 2.12. The Hall–Kier alpha value is -0.780. The third-order valence-electron chi connectivity index (χ3n) is 1.08. The molecule has 0 atom stereocenters. The van der Waals surface area contributed by atoms with Crippen LogP contribution in [0.1, 0.15) is 24.9 Å². The van der Waals surface area contributed by atoms with E-state index in [4.69, 9.17) is 8.22 Å². The minimum absolute atomic E-state index is 0.0774. The molecule has 0 saturated heterocycles. The average Bonchev–Trinajstić information content (AvgIpc) is 1.99. The first-order valence-corrected chi connectivity index (χ1v) is 2.73. The van der Waals surface area contributed by atoms with Crippen LogP contribution in [0, 0.1) is 20.6 Å². The molecule has 1 aromatic carbocycles. The second-order valence-electron chi connectivity index (χ2n) is 2.09. The van der Waals surface area contributed by atoms with Crippen LogP contribution in [-0.2, 0) is 0 Å². The van der Waals surface area contributed by atoms with E-state index in [9.17, 15) is 0 Å². The van der Waals surface area contributed by atoms with Gasteiger partial charge in [-0.25, -0.2) is 0 Å². The van der Waals surface area contributed by atoms with Gasteiger partial charge in [-0.1, -0.05) is 34.9 Å². The smallest absolute Gasteiger partial charge is 0.0280 e. The van der Waals surface area contributed by atoms with Crippen molar-refractivity contribution in [1.82, 2.24) is 0 Å². The highest BCUT2D eigenvalue weighted by Crippen LogP contribution is 2.06. The fourth-order valence-electron chi connectivity index (χ4n) is 0.783. The fourth-order valence-corrected chi connectivity index (χ4v) is 0.783. The molecule has 0 N–H and O–H groups in total. The summed E-state index contributed by atoms with van der Waals surface area (Å²) in [6, 6.07) is 4.21. The Balaban J connectivity index is 3.30. The zero-order valence-corrected chi connectivity index (χ0v) is 5.23. The zero-order chi connectivity index (χ0) is 11.9. The van der Waals surface area contributed by atoms with Crippen LogP contribution in [0.15, 0.2) is 18.2 Å². The predicted molar refractivity (Wildman–Crippen MR) is 40.7 cm³/mol. The van der Waals surface area contributed by atoms with Gasteiger partial charge < -0.3 is 0 Å². The van der Waals surface area contributed by atoms with Gasteiger partial charge in [-0.15, -0.1) is 0 Å². The molecule has 0 aliphatic rings. The summed E-state index contributed by atoms with van der Waals surface area (Å²) < 4.78 is 43.3. The fraction of sp³-hybridized carbons (Fsp3) is 0.333. The molecular weight excluding hydrogens is 108 g/mol. The van der Waals surface area contributed by atoms with E-state index in [1.54, 1.807) is 6.92 Å². The van der Waals surface area contributed by atoms with E-state index in [-0.39, 0.29) is 11.1 Å². The minimum atomic E-state index is -2.26. The molecule has 0 spiro atoms. The molecule has 0 bridgehead atoms. The van der Waals surface area contributed by atoms with E-state index in [0.29, 0.717) is 5.56 Å². The van der Waals surface area contributed by atoms with Gasteiger partial charge in [0.25, 0.3) is 0 Å². The van der Waals surface area contributed by atoms with Gasteiger partial charge in [0.1, 0.15) is 0 Å². The zero-order valence-electron chi connectivity index (χ0n) is 11.2. The molecule has 0 saturated carbocycles. The van der Waals surface area contributed by atoms with Gasteiger partial charge in [0, 0.05) is 8.22 Å². The molecule has 0 aliphatic heterocycles. The largest absolute Gasteiger partial charge is 0.0564 e. The molecule has 0 unspecified atom stereocenters. The standard InChI is InChI=1S/C9H12/c1-7-4-8(2)6-9(3)5-7/h4-6H,1-3H3/i1D3,2D3. The van der Waals surface area contributed by atoms with Gasteiger partial charge in [-0.3, -0.25) is 0 Å². The molecule has 9 heavy (non-hydrogen) atoms. The molecular formula is C9H12. The molecule has 0 heteroatoms. The van der Waals surface area contributed by atoms with Crippen molar-refractivity contribution in [3.63, 3.8) is 0 Å². The maximum absolute atomic E-state index is 7.22. The quantitative estimate of drug-likeness (QED) is 0.501. The molecule has 0 aliphatic carbocycles. The van der Waals surface area contributed by atoms with Crippen molar-refractivity contribution in [3.8, 4) is 0 Å². The summed E-state index contributed by atoms with van der Waals surface area (Å²) in [5.74, 6) is 0. The van der Waals surface area contributed by atoms with Crippen molar-refractivity contribution in [3.05, 3.63) is 34.9 Å². The third-order valence-corrected chi connectivity index (χ3v) is 1.08. The second kappa shape index (κ2) is 2.22. The van der Waals surface area contributed by atoms with Crippen molar-refractivity contribution in [2.24, 2.45) is 0 Å². The first-order valence-electron chi connectivity index (χ1n) is 5.73. The van der Waals surface area contributed by atoms with Crippen molar-refractivity contribution < 1.29 is 8.22 Å². The van der Waals surface area contributed by atoms with Gasteiger partial charge in [-0.2, -0.15) is 0 Å². The monoisotopic (exact) mass is 126 g/mol. The maximum Gasteiger partial charge on any atom is 0.0280 e. The Labute approximate surface area is 65.0 Å². The summed E-state index contributed by atoms with van der Waals surface area (Å²) in [5.41, 5.74) is 0.803. The lowest BCUT2D eigenvalue weighted by molar-refractivity contribution is 1.32. The number of aryl methyl sites for hydroxylation is 3. The Kier molecular flexibility index (Phi) is 0.522. The molecule has 48 valence electrons. The lowest BCUT2D eigenvalue weighted by Crippen LogP contribution is -1.78. The summed E-state index contributed by atoms with van der Waals surface area (Å²) in [7, 11) is 0. The van der Waals surface area contributed by atoms with Crippen LogP contribution in [0.25, 0.3) is 0 Å². The van der Waals surface area contributed by atoms with Gasteiger partial charge in [0.2, 0.25) is 0 Å². The summed E-state index contributed by atoms with van der Waals surface area (Å²) in [4.78, 5) is 0. The van der Waals surface area contributed by atoms with Crippen molar-refractivity contribution in [2.75, 3.05) is 0 Å².